The van der Waals surface area contributed by atoms with Crippen LogP contribution in [0.4, 0.5) is 18.9 Å². The number of rotatable bonds is 3. The normalized spacial score (nSPS) is 15.4. The third kappa shape index (κ3) is 4.46. The van der Waals surface area contributed by atoms with Gasteiger partial charge < -0.3 is 10.4 Å². The number of anilines is 1. The minimum absolute atomic E-state index is 0.237. The lowest BCUT2D eigenvalue weighted by Crippen LogP contribution is -2.45. The summed E-state index contributed by atoms with van der Waals surface area (Å²) in [5.41, 5.74) is -3.48. The highest BCUT2D eigenvalue weighted by molar-refractivity contribution is 5.88. The van der Waals surface area contributed by atoms with Crippen LogP contribution < -0.4 is 5.32 Å². The summed E-state index contributed by atoms with van der Waals surface area (Å²) in [4.78, 5) is 10.9. The molecule has 3 nitrogen and oxygen atoms in total. The van der Waals surface area contributed by atoms with Crippen molar-refractivity contribution in [2.24, 2.45) is 5.41 Å². The third-order valence-electron chi connectivity index (χ3n) is 2.94. The number of hydrogen-bond donors (Lipinski definition) is 2. The highest BCUT2D eigenvalue weighted by atomic mass is 19.4. The molecule has 0 aliphatic carbocycles. The van der Waals surface area contributed by atoms with Crippen LogP contribution in [0.3, 0.4) is 0 Å². The molecule has 1 amide bonds. The number of carbonyl (C=O) groups is 1. The van der Waals surface area contributed by atoms with Crippen LogP contribution in [0.2, 0.25) is 0 Å². The maximum absolute atomic E-state index is 13.3. The van der Waals surface area contributed by atoms with Crippen LogP contribution in [0.15, 0.2) is 24.3 Å². The Bertz CT molecular complexity index is 503. The van der Waals surface area contributed by atoms with Crippen LogP contribution in [0.25, 0.3) is 0 Å². The highest BCUT2D eigenvalue weighted by Gasteiger charge is 2.56. The van der Waals surface area contributed by atoms with Crippen LogP contribution in [0, 0.1) is 5.41 Å². The van der Waals surface area contributed by atoms with E-state index in [1.54, 1.807) is 20.8 Å². The SMILES string of the molecule is CC(=O)Nc1ccc(C(O)(CC(C)(C)C)C(F)(F)F)cc1. The fourth-order valence-corrected chi connectivity index (χ4v) is 2.17. The van der Waals surface area contributed by atoms with E-state index in [1.807, 2.05) is 0 Å². The molecule has 118 valence electrons. The van der Waals surface area contributed by atoms with Gasteiger partial charge in [-0.05, 0) is 29.5 Å². The summed E-state index contributed by atoms with van der Waals surface area (Å²) in [6, 6.07) is 5.06. The van der Waals surface area contributed by atoms with Gasteiger partial charge in [0.1, 0.15) is 0 Å². The lowest BCUT2D eigenvalue weighted by atomic mass is 9.77. The Balaban J connectivity index is 3.19. The van der Waals surface area contributed by atoms with E-state index in [9.17, 15) is 23.1 Å². The van der Waals surface area contributed by atoms with E-state index in [0.717, 1.165) is 0 Å². The van der Waals surface area contributed by atoms with Crippen molar-refractivity contribution in [2.45, 2.75) is 45.9 Å². The molecule has 0 saturated carbocycles. The van der Waals surface area contributed by atoms with Crippen LogP contribution in [0.5, 0.6) is 0 Å². The number of nitrogens with one attached hydrogen (secondary N) is 1. The van der Waals surface area contributed by atoms with Crippen molar-refractivity contribution < 1.29 is 23.1 Å². The lowest BCUT2D eigenvalue weighted by molar-refractivity contribution is -0.276. The topological polar surface area (TPSA) is 49.3 Å². The Hall–Kier alpha value is -1.56. The molecule has 0 heterocycles. The Labute approximate surface area is 122 Å². The zero-order chi connectivity index (χ0) is 16.5. The van der Waals surface area contributed by atoms with Gasteiger partial charge in [0.15, 0.2) is 5.60 Å². The molecule has 6 heteroatoms. The first kappa shape index (κ1) is 17.5. The molecule has 0 spiro atoms. The van der Waals surface area contributed by atoms with Crippen LogP contribution in [0.1, 0.15) is 39.7 Å². The molecular weight excluding hydrogens is 283 g/mol. The third-order valence-corrected chi connectivity index (χ3v) is 2.94. The lowest BCUT2D eigenvalue weighted by Gasteiger charge is -2.36. The number of hydrogen-bond acceptors (Lipinski definition) is 2. The molecule has 2 N–H and O–H groups in total. The Morgan fingerprint density at radius 1 is 1.14 bits per heavy atom. The molecule has 0 bridgehead atoms. The van der Waals surface area contributed by atoms with Gasteiger partial charge in [0.25, 0.3) is 0 Å². The molecule has 1 unspecified atom stereocenters. The second-order valence-corrected chi connectivity index (χ2v) is 6.35. The van der Waals surface area contributed by atoms with E-state index in [4.69, 9.17) is 0 Å². The summed E-state index contributed by atoms with van der Waals surface area (Å²) in [7, 11) is 0. The van der Waals surface area contributed by atoms with Crippen LogP contribution in [-0.2, 0) is 10.4 Å². The summed E-state index contributed by atoms with van der Waals surface area (Å²) in [5.74, 6) is -0.316. The second-order valence-electron chi connectivity index (χ2n) is 6.35. The predicted octanol–water partition coefficient (Wildman–Crippen LogP) is 3.83. The molecular formula is C15H20F3NO2. The molecule has 21 heavy (non-hydrogen) atoms. The smallest absolute Gasteiger partial charge is 0.376 e. The first-order valence-electron chi connectivity index (χ1n) is 6.52. The summed E-state index contributed by atoms with van der Waals surface area (Å²) in [6.45, 7) is 6.21. The van der Waals surface area contributed by atoms with Crippen molar-refractivity contribution in [1.29, 1.82) is 0 Å². The predicted molar refractivity (Wildman–Crippen MR) is 74.8 cm³/mol. The van der Waals surface area contributed by atoms with Gasteiger partial charge in [0, 0.05) is 12.6 Å². The van der Waals surface area contributed by atoms with Gasteiger partial charge >= 0.3 is 6.18 Å². The zero-order valence-electron chi connectivity index (χ0n) is 12.5. The van der Waals surface area contributed by atoms with Crippen LogP contribution in [-0.4, -0.2) is 17.2 Å². The summed E-state index contributed by atoms with van der Waals surface area (Å²) in [5, 5.41) is 12.7. The molecule has 0 aromatic heterocycles. The van der Waals surface area contributed by atoms with Gasteiger partial charge in [0.2, 0.25) is 5.91 Å². The average molecular weight is 303 g/mol. The molecule has 0 fully saturated rings. The van der Waals surface area contributed by atoms with Crippen molar-refractivity contribution in [3.05, 3.63) is 29.8 Å². The van der Waals surface area contributed by atoms with E-state index >= 15 is 0 Å². The minimum Gasteiger partial charge on any atom is -0.376 e. The number of benzene rings is 1. The van der Waals surface area contributed by atoms with E-state index < -0.39 is 23.6 Å². The number of halogens is 3. The van der Waals surface area contributed by atoms with Gasteiger partial charge in [-0.25, -0.2) is 0 Å². The fraction of sp³-hybridized carbons (Fsp3) is 0.533. The number of aliphatic hydroxyl groups is 1. The molecule has 0 saturated heterocycles. The van der Waals surface area contributed by atoms with Crippen molar-refractivity contribution >= 4 is 11.6 Å². The fourth-order valence-electron chi connectivity index (χ4n) is 2.17. The highest BCUT2D eigenvalue weighted by Crippen LogP contribution is 2.46. The van der Waals surface area contributed by atoms with E-state index in [-0.39, 0.29) is 11.5 Å². The van der Waals surface area contributed by atoms with Gasteiger partial charge in [-0.2, -0.15) is 13.2 Å². The standard InChI is InChI=1S/C15H20F3NO2/c1-10(20)19-12-7-5-11(6-8-12)14(21,15(16,17)18)9-13(2,3)4/h5-8,21H,9H2,1-4H3,(H,19,20). The molecule has 1 aromatic carbocycles. The Morgan fingerprint density at radius 3 is 1.95 bits per heavy atom. The average Bonchev–Trinajstić information content (AvgIpc) is 2.25. The summed E-state index contributed by atoms with van der Waals surface area (Å²) in [6.07, 6.45) is -5.24. The largest absolute Gasteiger partial charge is 0.421 e. The summed E-state index contributed by atoms with van der Waals surface area (Å²) < 4.78 is 39.9. The molecule has 1 aromatic rings. The summed E-state index contributed by atoms with van der Waals surface area (Å²) >= 11 is 0. The minimum atomic E-state index is -4.78. The Morgan fingerprint density at radius 2 is 1.62 bits per heavy atom. The van der Waals surface area contributed by atoms with Crippen molar-refractivity contribution in [3.8, 4) is 0 Å². The quantitative estimate of drug-likeness (QED) is 0.891. The van der Waals surface area contributed by atoms with E-state index in [0.29, 0.717) is 5.69 Å². The van der Waals surface area contributed by atoms with Crippen molar-refractivity contribution in [3.63, 3.8) is 0 Å². The van der Waals surface area contributed by atoms with Gasteiger partial charge in [-0.1, -0.05) is 32.9 Å². The number of alkyl halides is 3. The Kier molecular flexibility index (Phi) is 4.73. The maximum Gasteiger partial charge on any atom is 0.421 e. The van der Waals surface area contributed by atoms with Gasteiger partial charge in [0.05, 0.1) is 0 Å². The zero-order valence-corrected chi connectivity index (χ0v) is 12.5. The monoisotopic (exact) mass is 303 g/mol. The molecule has 0 aliphatic rings. The molecule has 0 aliphatic heterocycles. The maximum atomic E-state index is 13.3. The molecule has 1 rings (SSSR count). The number of carbonyl (C=O) groups excluding carboxylic acids is 1. The van der Waals surface area contributed by atoms with Gasteiger partial charge in [-0.15, -0.1) is 0 Å². The second kappa shape index (κ2) is 5.67. The van der Waals surface area contributed by atoms with Crippen molar-refractivity contribution in [2.75, 3.05) is 5.32 Å². The van der Waals surface area contributed by atoms with Crippen molar-refractivity contribution in [1.82, 2.24) is 0 Å². The van der Waals surface area contributed by atoms with E-state index in [1.165, 1.54) is 31.2 Å². The molecule has 1 atom stereocenters. The first-order chi connectivity index (χ1) is 9.35. The van der Waals surface area contributed by atoms with Gasteiger partial charge in [-0.3, -0.25) is 4.79 Å². The van der Waals surface area contributed by atoms with Crippen LogP contribution >= 0.6 is 0 Å². The van der Waals surface area contributed by atoms with E-state index in [2.05, 4.69) is 5.32 Å². The molecule has 0 radical (unpaired) electrons. The first-order valence-corrected chi connectivity index (χ1v) is 6.52. The number of amides is 1.